The largest absolute Gasteiger partial charge is 0.371 e. The molecule has 2 atom stereocenters. The van der Waals surface area contributed by atoms with Crippen LogP contribution in [0.3, 0.4) is 0 Å². The first kappa shape index (κ1) is 12.3. The standard InChI is InChI=1S/C11H23NOS/c1-9(6-12)7-14-8-10-4-5-11(2,3)13-10/h9-10H,4-8,12H2,1-3H3. The van der Waals surface area contributed by atoms with E-state index in [-0.39, 0.29) is 5.60 Å². The number of ether oxygens (including phenoxy) is 1. The molecule has 14 heavy (non-hydrogen) atoms. The Bertz CT molecular complexity index is 173. The van der Waals surface area contributed by atoms with Crippen LogP contribution in [-0.4, -0.2) is 29.8 Å². The quantitative estimate of drug-likeness (QED) is 0.767. The number of thioether (sulfide) groups is 1. The van der Waals surface area contributed by atoms with E-state index in [1.54, 1.807) is 0 Å². The molecule has 1 saturated heterocycles. The van der Waals surface area contributed by atoms with Gasteiger partial charge in [-0.25, -0.2) is 0 Å². The molecule has 0 aromatic rings. The van der Waals surface area contributed by atoms with Crippen molar-refractivity contribution in [2.24, 2.45) is 11.7 Å². The Hall–Kier alpha value is 0.270. The van der Waals surface area contributed by atoms with Gasteiger partial charge in [0.25, 0.3) is 0 Å². The summed E-state index contributed by atoms with van der Waals surface area (Å²) in [4.78, 5) is 0. The van der Waals surface area contributed by atoms with E-state index in [4.69, 9.17) is 10.5 Å². The Labute approximate surface area is 92.0 Å². The first-order chi connectivity index (χ1) is 6.53. The molecule has 2 nitrogen and oxygen atoms in total. The number of hydrogen-bond acceptors (Lipinski definition) is 3. The molecule has 0 radical (unpaired) electrons. The van der Waals surface area contributed by atoms with Crippen LogP contribution >= 0.6 is 11.8 Å². The molecule has 0 aromatic heterocycles. The van der Waals surface area contributed by atoms with Crippen LogP contribution in [0.1, 0.15) is 33.6 Å². The lowest BCUT2D eigenvalue weighted by Gasteiger charge is -2.19. The topological polar surface area (TPSA) is 35.2 Å². The van der Waals surface area contributed by atoms with Gasteiger partial charge in [-0.05, 0) is 44.9 Å². The van der Waals surface area contributed by atoms with Gasteiger partial charge in [0.15, 0.2) is 0 Å². The highest BCUT2D eigenvalue weighted by molar-refractivity contribution is 7.99. The number of hydrogen-bond donors (Lipinski definition) is 1. The number of nitrogens with two attached hydrogens (primary N) is 1. The normalized spacial score (nSPS) is 27.9. The van der Waals surface area contributed by atoms with E-state index < -0.39 is 0 Å². The Balaban J connectivity index is 2.09. The van der Waals surface area contributed by atoms with Crippen LogP contribution in [0.25, 0.3) is 0 Å². The highest BCUT2D eigenvalue weighted by atomic mass is 32.2. The third-order valence-electron chi connectivity index (χ3n) is 2.66. The molecule has 3 heteroatoms. The average Bonchev–Trinajstić information content (AvgIpc) is 2.45. The van der Waals surface area contributed by atoms with E-state index in [0.717, 1.165) is 18.1 Å². The zero-order valence-corrected chi connectivity index (χ0v) is 10.4. The maximum Gasteiger partial charge on any atom is 0.0673 e. The van der Waals surface area contributed by atoms with Crippen molar-refractivity contribution in [1.82, 2.24) is 0 Å². The fraction of sp³-hybridized carbons (Fsp3) is 1.00. The summed E-state index contributed by atoms with van der Waals surface area (Å²) in [5.74, 6) is 2.93. The van der Waals surface area contributed by atoms with Crippen LogP contribution in [0.15, 0.2) is 0 Å². The van der Waals surface area contributed by atoms with E-state index in [2.05, 4.69) is 20.8 Å². The first-order valence-electron chi connectivity index (χ1n) is 5.49. The fourth-order valence-corrected chi connectivity index (χ4v) is 2.84. The van der Waals surface area contributed by atoms with Crippen LogP contribution in [0.4, 0.5) is 0 Å². The predicted octanol–water partition coefficient (Wildman–Crippen LogP) is 2.27. The molecular formula is C11H23NOS. The molecule has 84 valence electrons. The van der Waals surface area contributed by atoms with Crippen molar-refractivity contribution >= 4 is 11.8 Å². The lowest BCUT2D eigenvalue weighted by Crippen LogP contribution is -2.21. The summed E-state index contributed by atoms with van der Waals surface area (Å²) in [7, 11) is 0. The second-order valence-electron chi connectivity index (χ2n) is 4.92. The van der Waals surface area contributed by atoms with Crippen molar-refractivity contribution < 1.29 is 4.74 Å². The molecule has 0 spiro atoms. The van der Waals surface area contributed by atoms with E-state index in [9.17, 15) is 0 Å². The van der Waals surface area contributed by atoms with Crippen molar-refractivity contribution in [3.63, 3.8) is 0 Å². The molecule has 1 aliphatic rings. The van der Waals surface area contributed by atoms with Gasteiger partial charge < -0.3 is 10.5 Å². The highest BCUT2D eigenvalue weighted by Gasteiger charge is 2.31. The second-order valence-corrected chi connectivity index (χ2v) is 5.99. The summed E-state index contributed by atoms with van der Waals surface area (Å²) in [6, 6.07) is 0. The van der Waals surface area contributed by atoms with Gasteiger partial charge in [-0.2, -0.15) is 11.8 Å². The smallest absolute Gasteiger partial charge is 0.0673 e. The summed E-state index contributed by atoms with van der Waals surface area (Å²) >= 11 is 1.98. The van der Waals surface area contributed by atoms with Gasteiger partial charge >= 0.3 is 0 Å². The van der Waals surface area contributed by atoms with Gasteiger partial charge in [-0.3, -0.25) is 0 Å². The minimum Gasteiger partial charge on any atom is -0.371 e. The van der Waals surface area contributed by atoms with Crippen LogP contribution < -0.4 is 5.73 Å². The van der Waals surface area contributed by atoms with E-state index >= 15 is 0 Å². The molecule has 2 unspecified atom stereocenters. The lowest BCUT2D eigenvalue weighted by molar-refractivity contribution is -0.00467. The molecule has 0 amide bonds. The maximum absolute atomic E-state index is 5.91. The maximum atomic E-state index is 5.91. The van der Waals surface area contributed by atoms with Crippen molar-refractivity contribution in [3.8, 4) is 0 Å². The molecule has 1 heterocycles. The summed E-state index contributed by atoms with van der Waals surface area (Å²) in [6.45, 7) is 7.36. The van der Waals surface area contributed by atoms with Gasteiger partial charge in [0, 0.05) is 5.75 Å². The van der Waals surface area contributed by atoms with E-state index in [1.165, 1.54) is 12.8 Å². The number of rotatable bonds is 5. The van der Waals surface area contributed by atoms with Crippen LogP contribution in [0.2, 0.25) is 0 Å². The van der Waals surface area contributed by atoms with Crippen LogP contribution in [-0.2, 0) is 4.74 Å². The average molecular weight is 217 g/mol. The van der Waals surface area contributed by atoms with Gasteiger partial charge in [-0.1, -0.05) is 6.92 Å². The van der Waals surface area contributed by atoms with Crippen molar-refractivity contribution in [2.75, 3.05) is 18.1 Å². The molecule has 1 fully saturated rings. The minimum atomic E-state index is 0.116. The predicted molar refractivity (Wildman–Crippen MR) is 63.7 cm³/mol. The van der Waals surface area contributed by atoms with Crippen molar-refractivity contribution in [1.29, 1.82) is 0 Å². The molecule has 0 aromatic carbocycles. The zero-order valence-electron chi connectivity index (χ0n) is 9.58. The van der Waals surface area contributed by atoms with Gasteiger partial charge in [0.05, 0.1) is 11.7 Å². The van der Waals surface area contributed by atoms with Gasteiger partial charge in [-0.15, -0.1) is 0 Å². The second kappa shape index (κ2) is 5.38. The monoisotopic (exact) mass is 217 g/mol. The Kier molecular flexibility index (Phi) is 4.74. The highest BCUT2D eigenvalue weighted by Crippen LogP contribution is 2.31. The molecule has 0 bridgehead atoms. The summed E-state index contributed by atoms with van der Waals surface area (Å²) in [5.41, 5.74) is 5.68. The fourth-order valence-electron chi connectivity index (χ4n) is 1.66. The first-order valence-corrected chi connectivity index (χ1v) is 6.64. The lowest BCUT2D eigenvalue weighted by atomic mass is 10.1. The van der Waals surface area contributed by atoms with Gasteiger partial charge in [0.2, 0.25) is 0 Å². The molecule has 0 saturated carbocycles. The Morgan fingerprint density at radius 1 is 1.57 bits per heavy atom. The van der Waals surface area contributed by atoms with E-state index in [0.29, 0.717) is 12.0 Å². The summed E-state index contributed by atoms with van der Waals surface area (Å²) < 4.78 is 5.91. The van der Waals surface area contributed by atoms with Crippen LogP contribution in [0, 0.1) is 5.92 Å². The SMILES string of the molecule is CC(CN)CSCC1CCC(C)(C)O1. The summed E-state index contributed by atoms with van der Waals surface area (Å²) in [6.07, 6.45) is 2.89. The molecule has 1 rings (SSSR count). The van der Waals surface area contributed by atoms with Crippen molar-refractivity contribution in [3.05, 3.63) is 0 Å². The Morgan fingerprint density at radius 3 is 2.79 bits per heavy atom. The molecular weight excluding hydrogens is 194 g/mol. The van der Waals surface area contributed by atoms with Crippen molar-refractivity contribution in [2.45, 2.75) is 45.3 Å². The zero-order chi connectivity index (χ0) is 10.6. The Morgan fingerprint density at radius 2 is 2.29 bits per heavy atom. The third kappa shape index (κ3) is 4.20. The van der Waals surface area contributed by atoms with E-state index in [1.807, 2.05) is 11.8 Å². The third-order valence-corrected chi connectivity index (χ3v) is 4.07. The molecule has 1 aliphatic heterocycles. The summed E-state index contributed by atoms with van der Waals surface area (Å²) in [5, 5.41) is 0. The molecule has 0 aliphatic carbocycles. The minimum absolute atomic E-state index is 0.116. The van der Waals surface area contributed by atoms with Gasteiger partial charge in [0.1, 0.15) is 0 Å². The van der Waals surface area contributed by atoms with Crippen LogP contribution in [0.5, 0.6) is 0 Å². The molecule has 2 N–H and O–H groups in total.